The number of nitrogens with one attached hydrogen (secondary N) is 2. The van der Waals surface area contributed by atoms with E-state index in [1.807, 2.05) is 13.8 Å². The van der Waals surface area contributed by atoms with Gasteiger partial charge in [0.05, 0.1) is 16.5 Å². The first-order valence-electron chi connectivity index (χ1n) is 6.49. The molecule has 0 spiro atoms. The van der Waals surface area contributed by atoms with Crippen LogP contribution >= 0.6 is 11.6 Å². The Labute approximate surface area is 124 Å². The molecular formula is C13H20ClFN2O2S. The lowest BCUT2D eigenvalue weighted by molar-refractivity contribution is 0.561. The van der Waals surface area contributed by atoms with Crippen LogP contribution in [0.2, 0.25) is 5.02 Å². The molecule has 1 rings (SSSR count). The third-order valence-electron chi connectivity index (χ3n) is 2.59. The molecular weight excluding hydrogens is 303 g/mol. The summed E-state index contributed by atoms with van der Waals surface area (Å²) in [5.41, 5.74) is 0.187. The number of hydrogen-bond donors (Lipinski definition) is 2. The van der Waals surface area contributed by atoms with Crippen LogP contribution < -0.4 is 10.0 Å². The molecule has 0 aliphatic heterocycles. The molecule has 7 heteroatoms. The molecule has 4 nitrogen and oxygen atoms in total. The fourth-order valence-corrected chi connectivity index (χ4v) is 2.89. The highest BCUT2D eigenvalue weighted by Crippen LogP contribution is 2.19. The van der Waals surface area contributed by atoms with Gasteiger partial charge in [-0.25, -0.2) is 12.8 Å². The van der Waals surface area contributed by atoms with E-state index in [4.69, 9.17) is 11.6 Å². The Morgan fingerprint density at radius 2 is 2.00 bits per heavy atom. The molecule has 0 saturated carbocycles. The van der Waals surface area contributed by atoms with Crippen LogP contribution in [-0.2, 0) is 10.0 Å². The first kappa shape index (κ1) is 17.2. The Morgan fingerprint density at radius 1 is 1.30 bits per heavy atom. The van der Waals surface area contributed by atoms with E-state index < -0.39 is 15.8 Å². The summed E-state index contributed by atoms with van der Waals surface area (Å²) in [5, 5.41) is 3.18. The van der Waals surface area contributed by atoms with E-state index in [9.17, 15) is 12.8 Å². The van der Waals surface area contributed by atoms with Crippen molar-refractivity contribution in [3.63, 3.8) is 0 Å². The molecule has 0 saturated heterocycles. The summed E-state index contributed by atoms with van der Waals surface area (Å²) < 4.78 is 39.2. The van der Waals surface area contributed by atoms with E-state index in [-0.39, 0.29) is 16.5 Å². The fourth-order valence-electron chi connectivity index (χ4n) is 1.60. The van der Waals surface area contributed by atoms with Crippen molar-refractivity contribution >= 4 is 27.3 Å². The van der Waals surface area contributed by atoms with Gasteiger partial charge in [0.2, 0.25) is 10.0 Å². The summed E-state index contributed by atoms with van der Waals surface area (Å²) >= 11 is 5.54. The normalized spacial score (nSPS) is 11.8. The zero-order valence-corrected chi connectivity index (χ0v) is 13.2. The molecule has 20 heavy (non-hydrogen) atoms. The lowest BCUT2D eigenvalue weighted by Gasteiger charge is -2.10. The van der Waals surface area contributed by atoms with Crippen LogP contribution in [0.15, 0.2) is 18.2 Å². The van der Waals surface area contributed by atoms with Crippen molar-refractivity contribution in [1.82, 2.24) is 5.32 Å². The van der Waals surface area contributed by atoms with Gasteiger partial charge >= 0.3 is 0 Å². The second kappa shape index (κ2) is 7.81. The van der Waals surface area contributed by atoms with Gasteiger partial charge in [0, 0.05) is 6.04 Å². The maximum atomic E-state index is 13.2. The number of anilines is 1. The van der Waals surface area contributed by atoms with Gasteiger partial charge < -0.3 is 5.32 Å². The number of rotatable bonds is 8. The summed E-state index contributed by atoms with van der Waals surface area (Å²) in [6, 6.07) is 4.21. The largest absolute Gasteiger partial charge is 0.315 e. The quantitative estimate of drug-likeness (QED) is 0.723. The van der Waals surface area contributed by atoms with Gasteiger partial charge in [0.15, 0.2) is 0 Å². The van der Waals surface area contributed by atoms with Gasteiger partial charge in [0.25, 0.3) is 0 Å². The average Bonchev–Trinajstić information content (AvgIpc) is 2.32. The number of halogens is 2. The summed E-state index contributed by atoms with van der Waals surface area (Å²) in [4.78, 5) is 0. The highest BCUT2D eigenvalue weighted by molar-refractivity contribution is 7.92. The van der Waals surface area contributed by atoms with E-state index in [0.717, 1.165) is 19.0 Å². The second-order valence-electron chi connectivity index (χ2n) is 4.87. The third kappa shape index (κ3) is 6.54. The minimum atomic E-state index is -3.45. The molecule has 0 atom stereocenters. The standard InChI is InChI=1S/C13H20ClFN2O2S/c1-10(2)16-7-3-4-8-20(18,19)17-11-5-6-12(14)13(15)9-11/h5-6,9-10,16-17H,3-4,7-8H2,1-2H3. The molecule has 0 heterocycles. The lowest BCUT2D eigenvalue weighted by Crippen LogP contribution is -2.24. The molecule has 2 N–H and O–H groups in total. The smallest absolute Gasteiger partial charge is 0.232 e. The molecule has 1 aromatic rings. The summed E-state index contributed by atoms with van der Waals surface area (Å²) in [7, 11) is -3.45. The van der Waals surface area contributed by atoms with Crippen LogP contribution in [-0.4, -0.2) is 26.8 Å². The minimum absolute atomic E-state index is 0.0109. The SMILES string of the molecule is CC(C)NCCCCS(=O)(=O)Nc1ccc(Cl)c(F)c1. The molecule has 1 aromatic carbocycles. The van der Waals surface area contributed by atoms with Gasteiger partial charge in [-0.3, -0.25) is 4.72 Å². The topological polar surface area (TPSA) is 58.2 Å². The average molecular weight is 323 g/mol. The maximum Gasteiger partial charge on any atom is 0.232 e. The summed E-state index contributed by atoms with van der Waals surface area (Å²) in [6.45, 7) is 4.85. The van der Waals surface area contributed by atoms with E-state index in [1.165, 1.54) is 12.1 Å². The van der Waals surface area contributed by atoms with E-state index in [2.05, 4.69) is 10.0 Å². The number of benzene rings is 1. The van der Waals surface area contributed by atoms with Crippen molar-refractivity contribution in [1.29, 1.82) is 0 Å². The zero-order valence-electron chi connectivity index (χ0n) is 11.6. The van der Waals surface area contributed by atoms with Crippen molar-refractivity contribution in [2.75, 3.05) is 17.0 Å². The van der Waals surface area contributed by atoms with Crippen LogP contribution in [0.25, 0.3) is 0 Å². The molecule has 0 radical (unpaired) electrons. The van der Waals surface area contributed by atoms with E-state index in [1.54, 1.807) is 0 Å². The molecule has 0 fully saturated rings. The molecule has 0 amide bonds. The molecule has 114 valence electrons. The summed E-state index contributed by atoms with van der Waals surface area (Å²) in [5.74, 6) is -0.634. The van der Waals surface area contributed by atoms with Crippen LogP contribution in [0.3, 0.4) is 0 Å². The van der Waals surface area contributed by atoms with Gasteiger partial charge in [-0.2, -0.15) is 0 Å². The van der Waals surface area contributed by atoms with Crippen LogP contribution in [0.1, 0.15) is 26.7 Å². The molecule has 0 bridgehead atoms. The monoisotopic (exact) mass is 322 g/mol. The second-order valence-corrected chi connectivity index (χ2v) is 7.11. The Bertz CT molecular complexity index is 535. The Kier molecular flexibility index (Phi) is 6.71. The summed E-state index contributed by atoms with van der Waals surface area (Å²) in [6.07, 6.45) is 1.32. The highest BCUT2D eigenvalue weighted by atomic mass is 35.5. The van der Waals surface area contributed by atoms with Gasteiger partial charge in [0.1, 0.15) is 5.82 Å². The van der Waals surface area contributed by atoms with Gasteiger partial charge in [-0.05, 0) is 37.6 Å². The van der Waals surface area contributed by atoms with Crippen molar-refractivity contribution < 1.29 is 12.8 Å². The number of sulfonamides is 1. The van der Waals surface area contributed by atoms with Crippen molar-refractivity contribution in [2.45, 2.75) is 32.7 Å². The molecule has 0 aliphatic rings. The molecule has 0 aromatic heterocycles. The third-order valence-corrected chi connectivity index (χ3v) is 4.26. The number of hydrogen-bond acceptors (Lipinski definition) is 3. The first-order valence-corrected chi connectivity index (χ1v) is 8.52. The predicted molar refractivity (Wildman–Crippen MR) is 81.2 cm³/mol. The number of unbranched alkanes of at least 4 members (excludes halogenated alkanes) is 1. The van der Waals surface area contributed by atoms with Gasteiger partial charge in [-0.15, -0.1) is 0 Å². The maximum absolute atomic E-state index is 13.2. The minimum Gasteiger partial charge on any atom is -0.315 e. The van der Waals surface area contributed by atoms with Crippen LogP contribution in [0, 0.1) is 5.82 Å². The van der Waals surface area contributed by atoms with Crippen molar-refractivity contribution in [2.24, 2.45) is 0 Å². The predicted octanol–water partition coefficient (Wildman–Crippen LogP) is 3.00. The Hall–Kier alpha value is -0.850. The van der Waals surface area contributed by atoms with E-state index >= 15 is 0 Å². The highest BCUT2D eigenvalue weighted by Gasteiger charge is 2.11. The molecule has 0 unspecified atom stereocenters. The van der Waals surface area contributed by atoms with Crippen LogP contribution in [0.4, 0.5) is 10.1 Å². The van der Waals surface area contributed by atoms with Gasteiger partial charge in [-0.1, -0.05) is 25.4 Å². The van der Waals surface area contributed by atoms with Crippen molar-refractivity contribution in [3.05, 3.63) is 29.0 Å². The van der Waals surface area contributed by atoms with Crippen LogP contribution in [0.5, 0.6) is 0 Å². The lowest BCUT2D eigenvalue weighted by atomic mass is 10.3. The zero-order chi connectivity index (χ0) is 15.2. The first-order chi connectivity index (χ1) is 9.30. The van der Waals surface area contributed by atoms with Crippen molar-refractivity contribution in [3.8, 4) is 0 Å². The van der Waals surface area contributed by atoms with E-state index in [0.29, 0.717) is 12.5 Å². The Morgan fingerprint density at radius 3 is 2.60 bits per heavy atom. The Balaban J connectivity index is 2.43. The fraction of sp³-hybridized carbons (Fsp3) is 0.538. The molecule has 0 aliphatic carbocycles.